The summed E-state index contributed by atoms with van der Waals surface area (Å²) in [4.78, 5) is 10.8. The van der Waals surface area contributed by atoms with Crippen molar-refractivity contribution in [3.8, 4) is 0 Å². The molecule has 0 radical (unpaired) electrons. The van der Waals surface area contributed by atoms with Crippen molar-refractivity contribution >= 4 is 51.2 Å². The highest BCUT2D eigenvalue weighted by atomic mass is 127. The Morgan fingerprint density at radius 1 is 1.50 bits per heavy atom. The molecule has 0 spiro atoms. The Kier molecular flexibility index (Phi) is 8.74. The maximum Gasteiger partial charge on any atom is 0.305 e. The first-order valence-electron chi connectivity index (χ1n) is 3.83. The molecule has 4 heteroatoms. The van der Waals surface area contributed by atoms with E-state index in [1.807, 2.05) is 6.92 Å². The van der Waals surface area contributed by atoms with Gasteiger partial charge in [0, 0.05) is 8.01 Å². The molecule has 2 nitrogen and oxygen atoms in total. The highest BCUT2D eigenvalue weighted by Gasteiger charge is 1.98. The van der Waals surface area contributed by atoms with Crippen molar-refractivity contribution < 1.29 is 9.53 Å². The predicted octanol–water partition coefficient (Wildman–Crippen LogP) is 3.43. The summed E-state index contributed by atoms with van der Waals surface area (Å²) < 4.78 is 6.03. The average molecular weight is 394 g/mol. The summed E-state index contributed by atoms with van der Waals surface area (Å²) in [6.45, 7) is 2.31. The van der Waals surface area contributed by atoms with Crippen LogP contribution in [0.2, 0.25) is 0 Å². The molecule has 0 aromatic heterocycles. The number of hydrogen-bond acceptors (Lipinski definition) is 2. The van der Waals surface area contributed by atoms with Gasteiger partial charge in [-0.1, -0.05) is 6.08 Å². The number of halogens is 2. The van der Waals surface area contributed by atoms with E-state index in [0.29, 0.717) is 13.0 Å². The maximum absolute atomic E-state index is 10.8. The van der Waals surface area contributed by atoms with E-state index in [9.17, 15) is 4.79 Å². The highest BCUT2D eigenvalue weighted by molar-refractivity contribution is 14.2. The average Bonchev–Trinajstić information content (AvgIpc) is 1.98. The van der Waals surface area contributed by atoms with Crippen LogP contribution in [0, 0.1) is 0 Å². The van der Waals surface area contributed by atoms with Crippen LogP contribution < -0.4 is 0 Å². The predicted molar refractivity (Wildman–Crippen MR) is 66.6 cm³/mol. The molecule has 0 aromatic rings. The summed E-state index contributed by atoms with van der Waals surface area (Å²) in [7, 11) is 0. The molecule has 70 valence electrons. The Hall–Kier alpha value is 0.670. The molecule has 0 atom stereocenters. The van der Waals surface area contributed by atoms with Gasteiger partial charge in [0.2, 0.25) is 0 Å². The Balaban J connectivity index is 3.31. The van der Waals surface area contributed by atoms with Gasteiger partial charge in [-0.2, -0.15) is 0 Å². The number of carbonyl (C=O) groups excluding carboxylic acids is 1. The molecule has 0 bridgehead atoms. The lowest BCUT2D eigenvalue weighted by atomic mass is 10.2. The second-order valence-corrected chi connectivity index (χ2v) is 6.58. The third kappa shape index (κ3) is 8.76. The van der Waals surface area contributed by atoms with Gasteiger partial charge in [0.25, 0.3) is 0 Å². The van der Waals surface area contributed by atoms with Gasteiger partial charge in [0.1, 0.15) is 0 Å². The fraction of sp³-hybridized carbons (Fsp3) is 0.625. The van der Waals surface area contributed by atoms with Crippen LogP contribution in [-0.4, -0.2) is 12.6 Å². The van der Waals surface area contributed by atoms with E-state index in [1.165, 1.54) is 1.59 Å². The van der Waals surface area contributed by atoms with Gasteiger partial charge in [-0.05, 0) is 64.9 Å². The molecule has 0 saturated carbocycles. The molecule has 0 amide bonds. The van der Waals surface area contributed by atoms with Gasteiger partial charge in [-0.15, -0.1) is 0 Å². The standard InChI is InChI=1S/C8H12I2O2/c1-2-12-8(11)6-4-3-5-7(9)10/h5H,2-4,6H2,1H3. The van der Waals surface area contributed by atoms with Gasteiger partial charge < -0.3 is 4.74 Å². The first-order valence-corrected chi connectivity index (χ1v) is 5.99. The second kappa shape index (κ2) is 8.28. The molecule has 0 aromatic carbocycles. The number of allylic oxidation sites excluding steroid dienone is 1. The maximum atomic E-state index is 10.8. The SMILES string of the molecule is CCOC(=O)CCCC=C(I)I. The van der Waals surface area contributed by atoms with Gasteiger partial charge in [-0.3, -0.25) is 4.79 Å². The lowest BCUT2D eigenvalue weighted by Gasteiger charge is -1.98. The molecule has 12 heavy (non-hydrogen) atoms. The molecule has 0 unspecified atom stereocenters. The fourth-order valence-corrected chi connectivity index (χ4v) is 1.31. The number of esters is 1. The number of ether oxygens (including phenoxy) is 1. The van der Waals surface area contributed by atoms with Gasteiger partial charge in [0.15, 0.2) is 0 Å². The van der Waals surface area contributed by atoms with E-state index in [-0.39, 0.29) is 5.97 Å². The first-order chi connectivity index (χ1) is 5.66. The molecule has 0 aliphatic rings. The van der Waals surface area contributed by atoms with Crippen molar-refractivity contribution in [2.45, 2.75) is 26.2 Å². The van der Waals surface area contributed by atoms with Crippen molar-refractivity contribution in [2.24, 2.45) is 0 Å². The Morgan fingerprint density at radius 3 is 2.67 bits per heavy atom. The minimum absolute atomic E-state index is 0.0885. The van der Waals surface area contributed by atoms with Gasteiger partial charge in [0.05, 0.1) is 6.61 Å². The number of rotatable bonds is 5. The van der Waals surface area contributed by atoms with Crippen LogP contribution in [0.4, 0.5) is 0 Å². The van der Waals surface area contributed by atoms with Crippen LogP contribution in [0.5, 0.6) is 0 Å². The minimum Gasteiger partial charge on any atom is -0.466 e. The van der Waals surface area contributed by atoms with Crippen molar-refractivity contribution in [3.63, 3.8) is 0 Å². The summed E-state index contributed by atoms with van der Waals surface area (Å²) in [5.74, 6) is -0.0885. The third-order valence-electron chi connectivity index (χ3n) is 1.19. The number of unbranched alkanes of at least 4 members (excludes halogenated alkanes) is 1. The Morgan fingerprint density at radius 2 is 2.17 bits per heavy atom. The lowest BCUT2D eigenvalue weighted by Crippen LogP contribution is -2.02. The highest BCUT2D eigenvalue weighted by Crippen LogP contribution is 2.16. The molecule has 0 heterocycles. The zero-order chi connectivity index (χ0) is 9.40. The molecule has 0 fully saturated rings. The van der Waals surface area contributed by atoms with Crippen molar-refractivity contribution in [2.75, 3.05) is 6.61 Å². The van der Waals surface area contributed by atoms with E-state index in [0.717, 1.165) is 12.8 Å². The molecule has 0 rings (SSSR count). The van der Waals surface area contributed by atoms with Crippen LogP contribution in [0.15, 0.2) is 7.66 Å². The Labute approximate surface area is 100 Å². The first kappa shape index (κ1) is 12.7. The van der Waals surface area contributed by atoms with Crippen LogP contribution in [-0.2, 0) is 9.53 Å². The summed E-state index contributed by atoms with van der Waals surface area (Å²) in [5.41, 5.74) is 0. The van der Waals surface area contributed by atoms with Crippen molar-refractivity contribution in [1.29, 1.82) is 0 Å². The number of hydrogen-bond donors (Lipinski definition) is 0. The van der Waals surface area contributed by atoms with Crippen LogP contribution in [0.3, 0.4) is 0 Å². The molecule has 0 N–H and O–H groups in total. The van der Waals surface area contributed by atoms with Crippen molar-refractivity contribution in [3.05, 3.63) is 7.66 Å². The number of carbonyl (C=O) groups is 1. The molecular formula is C8H12I2O2. The lowest BCUT2D eigenvalue weighted by molar-refractivity contribution is -0.143. The molecular weight excluding hydrogens is 382 g/mol. The second-order valence-electron chi connectivity index (χ2n) is 2.19. The summed E-state index contributed by atoms with van der Waals surface area (Å²) >= 11 is 4.50. The van der Waals surface area contributed by atoms with E-state index >= 15 is 0 Å². The summed E-state index contributed by atoms with van der Waals surface area (Å²) in [6.07, 6.45) is 4.49. The third-order valence-corrected chi connectivity index (χ3v) is 2.07. The Bertz CT molecular complexity index is 162. The fourth-order valence-electron chi connectivity index (χ4n) is 0.691. The smallest absolute Gasteiger partial charge is 0.305 e. The summed E-state index contributed by atoms with van der Waals surface area (Å²) in [6, 6.07) is 0. The van der Waals surface area contributed by atoms with E-state index in [1.54, 1.807) is 0 Å². The molecule has 0 saturated heterocycles. The summed E-state index contributed by atoms with van der Waals surface area (Å²) in [5, 5.41) is 0. The quantitative estimate of drug-likeness (QED) is 0.406. The van der Waals surface area contributed by atoms with E-state index in [2.05, 4.69) is 51.3 Å². The van der Waals surface area contributed by atoms with Crippen LogP contribution in [0.25, 0.3) is 0 Å². The van der Waals surface area contributed by atoms with Crippen molar-refractivity contribution in [1.82, 2.24) is 0 Å². The minimum atomic E-state index is -0.0885. The topological polar surface area (TPSA) is 26.3 Å². The van der Waals surface area contributed by atoms with Crippen LogP contribution in [0.1, 0.15) is 26.2 Å². The zero-order valence-electron chi connectivity index (χ0n) is 6.98. The van der Waals surface area contributed by atoms with Gasteiger partial charge in [-0.25, -0.2) is 0 Å². The van der Waals surface area contributed by atoms with E-state index < -0.39 is 0 Å². The monoisotopic (exact) mass is 394 g/mol. The molecule has 0 aliphatic carbocycles. The van der Waals surface area contributed by atoms with E-state index in [4.69, 9.17) is 4.74 Å². The molecule has 0 aliphatic heterocycles. The normalized spacial score (nSPS) is 9.25. The van der Waals surface area contributed by atoms with Gasteiger partial charge >= 0.3 is 5.97 Å². The zero-order valence-corrected chi connectivity index (χ0v) is 11.3. The largest absolute Gasteiger partial charge is 0.466 e. The van der Waals surface area contributed by atoms with Crippen LogP contribution >= 0.6 is 45.2 Å².